The minimum absolute atomic E-state index is 0.0272. The molecule has 1 aliphatic carbocycles. The maximum atomic E-state index is 12.2. The van der Waals surface area contributed by atoms with Crippen LogP contribution in [0.1, 0.15) is 33.1 Å². The molecule has 22 heavy (non-hydrogen) atoms. The summed E-state index contributed by atoms with van der Waals surface area (Å²) in [7, 11) is 1.62. The Bertz CT molecular complexity index is 423. The lowest BCUT2D eigenvalue weighted by molar-refractivity contribution is -0.171. The summed E-state index contributed by atoms with van der Waals surface area (Å²) in [6.45, 7) is 8.01. The van der Waals surface area contributed by atoms with Crippen LogP contribution in [0.4, 0.5) is 0 Å². The lowest BCUT2D eigenvalue weighted by Gasteiger charge is -2.42. The molecular weight excluding hydrogens is 304 g/mol. The van der Waals surface area contributed by atoms with Crippen LogP contribution in [0.5, 0.6) is 0 Å². The first-order valence-electron chi connectivity index (χ1n) is 7.47. The van der Waals surface area contributed by atoms with Crippen molar-refractivity contribution in [3.8, 4) is 0 Å². The predicted octanol–water partition coefficient (Wildman–Crippen LogP) is 2.20. The number of ether oxygens (including phenoxy) is 3. The van der Waals surface area contributed by atoms with Crippen molar-refractivity contribution in [2.45, 2.75) is 44.8 Å². The van der Waals surface area contributed by atoms with E-state index in [0.717, 1.165) is 6.42 Å². The van der Waals surface area contributed by atoms with Crippen LogP contribution in [-0.2, 0) is 23.8 Å². The Labute approximate surface area is 137 Å². The molecule has 126 valence electrons. The van der Waals surface area contributed by atoms with Crippen LogP contribution in [0.15, 0.2) is 12.2 Å². The summed E-state index contributed by atoms with van der Waals surface area (Å²) < 4.78 is 16.3. The SMILES string of the molecule is C=C(C)C(=O)OC1(C)CCC(OCCOC)CC1C(=O)CS. The first-order chi connectivity index (χ1) is 10.3. The van der Waals surface area contributed by atoms with E-state index in [1.165, 1.54) is 0 Å². The molecule has 0 aliphatic heterocycles. The van der Waals surface area contributed by atoms with Crippen LogP contribution in [0.3, 0.4) is 0 Å². The van der Waals surface area contributed by atoms with Gasteiger partial charge in [0.25, 0.3) is 0 Å². The lowest BCUT2D eigenvalue weighted by Crippen LogP contribution is -2.50. The molecule has 3 unspecified atom stereocenters. The molecule has 0 radical (unpaired) electrons. The molecule has 0 bridgehead atoms. The van der Waals surface area contributed by atoms with Crippen LogP contribution in [-0.4, -0.2) is 49.5 Å². The van der Waals surface area contributed by atoms with E-state index >= 15 is 0 Å². The molecule has 0 aromatic rings. The van der Waals surface area contributed by atoms with Gasteiger partial charge in [-0.3, -0.25) is 4.79 Å². The fourth-order valence-electron chi connectivity index (χ4n) is 2.70. The van der Waals surface area contributed by atoms with Gasteiger partial charge in [-0.2, -0.15) is 12.6 Å². The second-order valence-electron chi connectivity index (χ2n) is 5.92. The van der Waals surface area contributed by atoms with E-state index in [1.807, 2.05) is 6.92 Å². The Morgan fingerprint density at radius 2 is 2.05 bits per heavy atom. The number of esters is 1. The van der Waals surface area contributed by atoms with Crippen molar-refractivity contribution in [3.63, 3.8) is 0 Å². The summed E-state index contributed by atoms with van der Waals surface area (Å²) >= 11 is 4.08. The summed E-state index contributed by atoms with van der Waals surface area (Å²) in [5.74, 6) is -0.774. The van der Waals surface area contributed by atoms with Crippen molar-refractivity contribution >= 4 is 24.4 Å². The molecule has 0 saturated heterocycles. The van der Waals surface area contributed by atoms with E-state index in [4.69, 9.17) is 14.2 Å². The highest BCUT2D eigenvalue weighted by molar-refractivity contribution is 7.81. The lowest BCUT2D eigenvalue weighted by atomic mass is 9.73. The van der Waals surface area contributed by atoms with Crippen molar-refractivity contribution < 1.29 is 23.8 Å². The smallest absolute Gasteiger partial charge is 0.333 e. The number of methoxy groups -OCH3 is 1. The van der Waals surface area contributed by atoms with Gasteiger partial charge in [-0.05, 0) is 33.1 Å². The molecule has 1 rings (SSSR count). The van der Waals surface area contributed by atoms with Crippen molar-refractivity contribution in [2.75, 3.05) is 26.1 Å². The van der Waals surface area contributed by atoms with Crippen molar-refractivity contribution in [1.82, 2.24) is 0 Å². The first kappa shape index (κ1) is 19.2. The third-order valence-corrected chi connectivity index (χ3v) is 4.37. The molecule has 1 aliphatic rings. The Hall–Kier alpha value is -0.850. The molecule has 0 spiro atoms. The Morgan fingerprint density at radius 1 is 1.36 bits per heavy atom. The van der Waals surface area contributed by atoms with Gasteiger partial charge in [0.15, 0.2) is 0 Å². The standard InChI is InChI=1S/C16H26O5S/c1-11(2)15(18)21-16(3)6-5-12(20-8-7-19-4)9-13(16)14(17)10-22/h12-13,22H,1,5-10H2,2-4H3. The molecule has 6 heteroatoms. The molecule has 0 aromatic carbocycles. The molecular formula is C16H26O5S. The summed E-state index contributed by atoms with van der Waals surface area (Å²) in [4.78, 5) is 24.1. The molecule has 1 saturated carbocycles. The van der Waals surface area contributed by atoms with Gasteiger partial charge in [-0.1, -0.05) is 6.58 Å². The summed E-state index contributed by atoms with van der Waals surface area (Å²) in [6.07, 6.45) is 1.82. The first-order valence-corrected chi connectivity index (χ1v) is 8.10. The molecule has 5 nitrogen and oxygen atoms in total. The van der Waals surface area contributed by atoms with E-state index in [0.29, 0.717) is 31.6 Å². The number of carbonyl (C=O) groups excluding carboxylic acids is 2. The number of thiol groups is 1. The van der Waals surface area contributed by atoms with Gasteiger partial charge in [0, 0.05) is 18.4 Å². The zero-order chi connectivity index (χ0) is 16.8. The topological polar surface area (TPSA) is 61.8 Å². The predicted molar refractivity (Wildman–Crippen MR) is 87.1 cm³/mol. The fraction of sp³-hybridized carbons (Fsp3) is 0.750. The normalized spacial score (nSPS) is 28.2. The van der Waals surface area contributed by atoms with Crippen molar-refractivity contribution in [1.29, 1.82) is 0 Å². The minimum Gasteiger partial charge on any atom is -0.455 e. The largest absolute Gasteiger partial charge is 0.455 e. The average molecular weight is 330 g/mol. The Kier molecular flexibility index (Phi) is 7.59. The van der Waals surface area contributed by atoms with Gasteiger partial charge in [-0.25, -0.2) is 4.79 Å². The zero-order valence-electron chi connectivity index (χ0n) is 13.6. The molecule has 3 atom stereocenters. The van der Waals surface area contributed by atoms with E-state index < -0.39 is 17.5 Å². The number of ketones is 1. The fourth-order valence-corrected chi connectivity index (χ4v) is 2.92. The van der Waals surface area contributed by atoms with Gasteiger partial charge >= 0.3 is 5.97 Å². The molecule has 0 N–H and O–H groups in total. The number of carbonyl (C=O) groups is 2. The van der Waals surface area contributed by atoms with Crippen LogP contribution in [0.25, 0.3) is 0 Å². The quantitative estimate of drug-likeness (QED) is 0.320. The second kappa shape index (κ2) is 8.70. The highest BCUT2D eigenvalue weighted by Gasteiger charge is 2.46. The number of hydrogen-bond donors (Lipinski definition) is 1. The van der Waals surface area contributed by atoms with Gasteiger partial charge in [0.2, 0.25) is 0 Å². The van der Waals surface area contributed by atoms with Crippen LogP contribution in [0.2, 0.25) is 0 Å². The monoisotopic (exact) mass is 330 g/mol. The van der Waals surface area contributed by atoms with E-state index in [2.05, 4.69) is 19.2 Å². The zero-order valence-corrected chi connectivity index (χ0v) is 14.5. The summed E-state index contributed by atoms with van der Waals surface area (Å²) in [6, 6.07) is 0. The highest BCUT2D eigenvalue weighted by Crippen LogP contribution is 2.39. The van der Waals surface area contributed by atoms with Gasteiger partial charge < -0.3 is 14.2 Å². The van der Waals surface area contributed by atoms with Crippen LogP contribution >= 0.6 is 12.6 Å². The summed E-state index contributed by atoms with van der Waals surface area (Å²) in [5.41, 5.74) is -0.492. The van der Waals surface area contributed by atoms with Gasteiger partial charge in [-0.15, -0.1) is 0 Å². The van der Waals surface area contributed by atoms with E-state index in [9.17, 15) is 9.59 Å². The minimum atomic E-state index is -0.822. The summed E-state index contributed by atoms with van der Waals surface area (Å²) in [5, 5.41) is 0. The van der Waals surface area contributed by atoms with Gasteiger partial charge in [0.05, 0.1) is 25.2 Å². The number of hydrogen-bond acceptors (Lipinski definition) is 6. The number of rotatable bonds is 8. The third-order valence-electron chi connectivity index (χ3n) is 4.06. The molecule has 0 aromatic heterocycles. The molecule has 0 amide bonds. The maximum Gasteiger partial charge on any atom is 0.333 e. The second-order valence-corrected chi connectivity index (χ2v) is 6.24. The Balaban J connectivity index is 2.78. The maximum absolute atomic E-state index is 12.2. The average Bonchev–Trinajstić information content (AvgIpc) is 2.48. The number of Topliss-reactive ketones (excluding diaryl/α,β-unsaturated/α-hetero) is 1. The van der Waals surface area contributed by atoms with E-state index in [1.54, 1.807) is 14.0 Å². The Morgan fingerprint density at radius 3 is 2.59 bits per heavy atom. The van der Waals surface area contributed by atoms with E-state index in [-0.39, 0.29) is 17.6 Å². The third kappa shape index (κ3) is 5.11. The van der Waals surface area contributed by atoms with Gasteiger partial charge in [0.1, 0.15) is 11.4 Å². The van der Waals surface area contributed by atoms with Crippen LogP contribution in [0, 0.1) is 5.92 Å². The van der Waals surface area contributed by atoms with Crippen molar-refractivity contribution in [3.05, 3.63) is 12.2 Å². The highest BCUT2D eigenvalue weighted by atomic mass is 32.1. The van der Waals surface area contributed by atoms with Crippen molar-refractivity contribution in [2.24, 2.45) is 5.92 Å². The van der Waals surface area contributed by atoms with Crippen LogP contribution < -0.4 is 0 Å². The molecule has 0 heterocycles. The molecule has 1 fully saturated rings.